The number of benzene rings is 3. The van der Waals surface area contributed by atoms with Gasteiger partial charge in [-0.1, -0.05) is 86.4 Å². The van der Waals surface area contributed by atoms with Crippen LogP contribution in [0.25, 0.3) is 0 Å². The van der Waals surface area contributed by atoms with Crippen molar-refractivity contribution in [1.29, 1.82) is 0 Å². The molecule has 3 aromatic carbocycles. The highest BCUT2D eigenvalue weighted by atomic mass is 35.5. The molecule has 32 heavy (non-hydrogen) atoms. The zero-order valence-electron chi connectivity index (χ0n) is 18.4. The molecular formula is C26H26Cl2N2OS. The molecule has 4 rings (SSSR count). The van der Waals surface area contributed by atoms with Crippen LogP contribution in [0, 0.1) is 0 Å². The molecule has 0 unspecified atom stereocenters. The maximum absolute atomic E-state index is 12.5. The van der Waals surface area contributed by atoms with E-state index >= 15 is 0 Å². The van der Waals surface area contributed by atoms with Crippen LogP contribution < -0.4 is 5.32 Å². The maximum Gasteiger partial charge on any atom is 0.251 e. The summed E-state index contributed by atoms with van der Waals surface area (Å²) in [6.45, 7) is 6.77. The second-order valence-corrected chi connectivity index (χ2v) is 8.88. The van der Waals surface area contributed by atoms with Gasteiger partial charge in [-0.3, -0.25) is 4.79 Å². The molecule has 0 fully saturated rings. The van der Waals surface area contributed by atoms with Gasteiger partial charge in [0.1, 0.15) is 0 Å². The highest BCUT2D eigenvalue weighted by Gasteiger charge is 2.20. The second-order valence-electron chi connectivity index (χ2n) is 6.98. The highest BCUT2D eigenvalue weighted by Crippen LogP contribution is 2.42. The SMILES string of the molecule is CC.CCCCNC(=O)c1ccc2c(c1)N=C(c1ccc(Cl)c(Cl)c1)c1ccccc1S2. The number of fused-ring (bicyclic) bond motifs is 2. The van der Waals surface area contributed by atoms with Crippen molar-refractivity contribution in [3.8, 4) is 0 Å². The number of aliphatic imine (C=N–C) groups is 1. The largest absolute Gasteiger partial charge is 0.352 e. The summed E-state index contributed by atoms with van der Waals surface area (Å²) >= 11 is 14.0. The molecule has 0 atom stereocenters. The number of amides is 1. The van der Waals surface area contributed by atoms with Crippen LogP contribution in [0.2, 0.25) is 10.0 Å². The van der Waals surface area contributed by atoms with Gasteiger partial charge in [0.05, 0.1) is 21.4 Å². The van der Waals surface area contributed by atoms with Crippen LogP contribution in [0.1, 0.15) is 55.1 Å². The van der Waals surface area contributed by atoms with E-state index in [9.17, 15) is 4.79 Å². The summed E-state index contributed by atoms with van der Waals surface area (Å²) in [6.07, 6.45) is 2.00. The predicted molar refractivity (Wildman–Crippen MR) is 137 cm³/mol. The minimum absolute atomic E-state index is 0.0794. The van der Waals surface area contributed by atoms with Gasteiger partial charge in [0.2, 0.25) is 0 Å². The Kier molecular flexibility index (Phi) is 8.80. The van der Waals surface area contributed by atoms with Gasteiger partial charge in [-0.15, -0.1) is 0 Å². The van der Waals surface area contributed by atoms with E-state index < -0.39 is 0 Å². The van der Waals surface area contributed by atoms with Gasteiger partial charge in [-0.05, 0) is 42.8 Å². The number of unbranched alkanes of at least 4 members (excludes halogenated alkanes) is 1. The Labute approximate surface area is 204 Å². The number of rotatable bonds is 5. The normalized spacial score (nSPS) is 11.8. The summed E-state index contributed by atoms with van der Waals surface area (Å²) in [5, 5.41) is 3.96. The molecule has 0 aromatic heterocycles. The lowest BCUT2D eigenvalue weighted by Crippen LogP contribution is -2.24. The first-order valence-corrected chi connectivity index (χ1v) is 12.4. The van der Waals surface area contributed by atoms with Gasteiger partial charge in [0.15, 0.2) is 0 Å². The average Bonchev–Trinajstić information content (AvgIpc) is 2.98. The summed E-state index contributed by atoms with van der Waals surface area (Å²) in [7, 11) is 0. The topological polar surface area (TPSA) is 41.5 Å². The Hall–Kier alpha value is -2.27. The van der Waals surface area contributed by atoms with Gasteiger partial charge in [-0.25, -0.2) is 4.99 Å². The minimum Gasteiger partial charge on any atom is -0.352 e. The van der Waals surface area contributed by atoms with Gasteiger partial charge in [-0.2, -0.15) is 0 Å². The Morgan fingerprint density at radius 3 is 2.50 bits per heavy atom. The van der Waals surface area contributed by atoms with Gasteiger partial charge >= 0.3 is 0 Å². The number of hydrogen-bond donors (Lipinski definition) is 1. The van der Waals surface area contributed by atoms with Crippen molar-refractivity contribution in [2.24, 2.45) is 4.99 Å². The first kappa shape index (κ1) is 24.4. The number of nitrogens with one attached hydrogen (secondary N) is 1. The standard InChI is InChI=1S/C24H20Cl2N2OS.C2H6/c1-2-3-12-27-24(29)16-9-11-22-20(14-16)28-23(15-8-10-18(25)19(26)13-15)17-6-4-5-7-21(17)30-22;1-2/h4-11,13-14H,2-3,12H2,1H3,(H,27,29);1-2H3. The van der Waals surface area contributed by atoms with E-state index in [0.717, 1.165) is 45.2 Å². The highest BCUT2D eigenvalue weighted by molar-refractivity contribution is 7.99. The maximum atomic E-state index is 12.5. The molecule has 1 heterocycles. The van der Waals surface area contributed by atoms with Gasteiger partial charge < -0.3 is 5.32 Å². The minimum atomic E-state index is -0.0794. The first-order chi connectivity index (χ1) is 15.6. The van der Waals surface area contributed by atoms with E-state index in [1.807, 2.05) is 62.4 Å². The summed E-state index contributed by atoms with van der Waals surface area (Å²) in [4.78, 5) is 19.6. The third-order valence-electron chi connectivity index (χ3n) is 4.82. The zero-order chi connectivity index (χ0) is 23.1. The van der Waals surface area contributed by atoms with Crippen LogP contribution in [0.15, 0.2) is 75.4 Å². The molecule has 0 aliphatic carbocycles. The summed E-state index contributed by atoms with van der Waals surface area (Å²) in [6, 6.07) is 19.3. The van der Waals surface area contributed by atoms with E-state index in [1.54, 1.807) is 17.8 Å². The molecule has 3 nitrogen and oxygen atoms in total. The van der Waals surface area contributed by atoms with Crippen molar-refractivity contribution in [3.05, 3.63) is 87.4 Å². The van der Waals surface area contributed by atoms with Crippen molar-refractivity contribution in [2.45, 2.75) is 43.4 Å². The fraction of sp³-hybridized carbons (Fsp3) is 0.231. The molecule has 3 aromatic rings. The number of carbonyl (C=O) groups excluding carboxylic acids is 1. The third-order valence-corrected chi connectivity index (χ3v) is 6.70. The van der Waals surface area contributed by atoms with Crippen LogP contribution in [-0.4, -0.2) is 18.2 Å². The summed E-state index contributed by atoms with van der Waals surface area (Å²) in [5.41, 5.74) is 4.07. The molecule has 1 aliphatic heterocycles. The monoisotopic (exact) mass is 484 g/mol. The number of nitrogens with zero attached hydrogens (tertiary/aromatic N) is 1. The quantitative estimate of drug-likeness (QED) is 0.290. The molecule has 1 N–H and O–H groups in total. The van der Waals surface area contributed by atoms with E-state index in [0.29, 0.717) is 22.2 Å². The molecule has 0 saturated carbocycles. The molecule has 0 bridgehead atoms. The van der Waals surface area contributed by atoms with E-state index in [4.69, 9.17) is 28.2 Å². The fourth-order valence-electron chi connectivity index (χ4n) is 3.23. The van der Waals surface area contributed by atoms with Gasteiger partial charge in [0.25, 0.3) is 5.91 Å². The lowest BCUT2D eigenvalue weighted by Gasteiger charge is -2.10. The lowest BCUT2D eigenvalue weighted by atomic mass is 10.0. The van der Waals surface area contributed by atoms with E-state index in [-0.39, 0.29) is 5.91 Å². The third kappa shape index (κ3) is 5.55. The Morgan fingerprint density at radius 2 is 1.75 bits per heavy atom. The van der Waals surface area contributed by atoms with Crippen molar-refractivity contribution < 1.29 is 4.79 Å². The summed E-state index contributed by atoms with van der Waals surface area (Å²) in [5.74, 6) is -0.0794. The smallest absolute Gasteiger partial charge is 0.251 e. The molecule has 166 valence electrons. The van der Waals surface area contributed by atoms with Crippen LogP contribution >= 0.6 is 35.0 Å². The van der Waals surface area contributed by atoms with Crippen LogP contribution in [0.3, 0.4) is 0 Å². The van der Waals surface area contributed by atoms with Crippen LogP contribution in [-0.2, 0) is 0 Å². The van der Waals surface area contributed by atoms with E-state index in [2.05, 4.69) is 18.3 Å². The molecule has 0 radical (unpaired) electrons. The van der Waals surface area contributed by atoms with Crippen LogP contribution in [0.5, 0.6) is 0 Å². The first-order valence-electron chi connectivity index (χ1n) is 10.8. The van der Waals surface area contributed by atoms with Gasteiger partial charge in [0, 0.05) is 33.0 Å². The average molecular weight is 485 g/mol. The Balaban J connectivity index is 0.00000141. The molecule has 0 saturated heterocycles. The van der Waals surface area contributed by atoms with Crippen molar-refractivity contribution in [3.63, 3.8) is 0 Å². The molecule has 1 aliphatic rings. The molecular weight excluding hydrogens is 459 g/mol. The Morgan fingerprint density at radius 1 is 0.969 bits per heavy atom. The summed E-state index contributed by atoms with van der Waals surface area (Å²) < 4.78 is 0. The van der Waals surface area contributed by atoms with Crippen molar-refractivity contribution >= 4 is 52.3 Å². The number of hydrogen-bond acceptors (Lipinski definition) is 3. The van der Waals surface area contributed by atoms with Crippen molar-refractivity contribution in [2.75, 3.05) is 6.54 Å². The Bertz CT molecular complexity index is 1140. The zero-order valence-corrected chi connectivity index (χ0v) is 20.7. The number of carbonyl (C=O) groups is 1. The molecule has 0 spiro atoms. The van der Waals surface area contributed by atoms with E-state index in [1.165, 1.54) is 0 Å². The number of halogens is 2. The second kappa shape index (κ2) is 11.6. The van der Waals surface area contributed by atoms with Crippen LogP contribution in [0.4, 0.5) is 5.69 Å². The molecule has 6 heteroatoms. The van der Waals surface area contributed by atoms with Crippen molar-refractivity contribution in [1.82, 2.24) is 5.32 Å². The fourth-order valence-corrected chi connectivity index (χ4v) is 4.53. The lowest BCUT2D eigenvalue weighted by molar-refractivity contribution is 0.0953. The molecule has 1 amide bonds. The predicted octanol–water partition coefficient (Wildman–Crippen LogP) is 8.18.